The Bertz CT molecular complexity index is 852. The molecule has 0 radical (unpaired) electrons. The van der Waals surface area contributed by atoms with E-state index in [2.05, 4.69) is 15.6 Å². The highest BCUT2D eigenvalue weighted by Gasteiger charge is 2.09. The van der Waals surface area contributed by atoms with Crippen LogP contribution >= 0.6 is 23.2 Å². The van der Waals surface area contributed by atoms with Crippen LogP contribution in [0.25, 0.3) is 0 Å². The summed E-state index contributed by atoms with van der Waals surface area (Å²) in [6, 6.07) is 18.0. The van der Waals surface area contributed by atoms with Gasteiger partial charge in [-0.2, -0.15) is 0 Å². The van der Waals surface area contributed by atoms with Gasteiger partial charge < -0.3 is 10.6 Å². The van der Waals surface area contributed by atoms with E-state index in [9.17, 15) is 4.79 Å². The molecule has 0 atom stereocenters. The van der Waals surface area contributed by atoms with Gasteiger partial charge in [-0.05, 0) is 42.5 Å². The number of nitrogens with one attached hydrogen (secondary N) is 2. The van der Waals surface area contributed by atoms with Gasteiger partial charge >= 0.3 is 0 Å². The Morgan fingerprint density at radius 3 is 2.46 bits per heavy atom. The van der Waals surface area contributed by atoms with Gasteiger partial charge in [0.25, 0.3) is 5.91 Å². The fourth-order valence-electron chi connectivity index (χ4n) is 2.06. The molecule has 0 aliphatic heterocycles. The van der Waals surface area contributed by atoms with Crippen LogP contribution in [0.1, 0.15) is 10.4 Å². The molecule has 3 aromatic rings. The number of pyridine rings is 1. The summed E-state index contributed by atoms with van der Waals surface area (Å²) in [7, 11) is 0. The molecule has 0 saturated heterocycles. The average molecular weight is 358 g/mol. The zero-order valence-corrected chi connectivity index (χ0v) is 14.0. The summed E-state index contributed by atoms with van der Waals surface area (Å²) in [5.74, 6) is 0.344. The normalized spacial score (nSPS) is 10.2. The van der Waals surface area contributed by atoms with Crippen LogP contribution in [-0.4, -0.2) is 10.9 Å². The van der Waals surface area contributed by atoms with Crippen molar-refractivity contribution < 1.29 is 4.79 Å². The molecule has 0 unspecified atom stereocenters. The summed E-state index contributed by atoms with van der Waals surface area (Å²) in [6.45, 7) is 0. The molecule has 0 saturated carbocycles. The first-order valence-electron chi connectivity index (χ1n) is 7.16. The van der Waals surface area contributed by atoms with Crippen molar-refractivity contribution in [1.29, 1.82) is 0 Å². The smallest absolute Gasteiger partial charge is 0.257 e. The number of benzene rings is 2. The average Bonchev–Trinajstić information content (AvgIpc) is 2.60. The molecule has 0 aliphatic rings. The van der Waals surface area contributed by atoms with Gasteiger partial charge in [-0.3, -0.25) is 4.79 Å². The van der Waals surface area contributed by atoms with Crippen molar-refractivity contribution in [3.63, 3.8) is 0 Å². The molecule has 24 heavy (non-hydrogen) atoms. The Morgan fingerprint density at radius 2 is 1.75 bits per heavy atom. The van der Waals surface area contributed by atoms with Crippen molar-refractivity contribution in [3.05, 3.63) is 82.5 Å². The van der Waals surface area contributed by atoms with Crippen LogP contribution in [0.5, 0.6) is 0 Å². The largest absolute Gasteiger partial charge is 0.340 e. The van der Waals surface area contributed by atoms with Gasteiger partial charge in [-0.25, -0.2) is 4.98 Å². The minimum Gasteiger partial charge on any atom is -0.340 e. The van der Waals surface area contributed by atoms with Crippen molar-refractivity contribution in [2.45, 2.75) is 0 Å². The van der Waals surface area contributed by atoms with Gasteiger partial charge in [-0.1, -0.05) is 41.4 Å². The number of carbonyl (C=O) groups excluding carboxylic acids is 1. The number of hydrogen-bond acceptors (Lipinski definition) is 3. The third-order valence-corrected chi connectivity index (χ3v) is 3.81. The van der Waals surface area contributed by atoms with Crippen molar-refractivity contribution in [2.24, 2.45) is 0 Å². The van der Waals surface area contributed by atoms with Crippen LogP contribution < -0.4 is 10.6 Å². The first kappa shape index (κ1) is 16.3. The first-order chi connectivity index (χ1) is 11.6. The number of hydrogen-bond donors (Lipinski definition) is 2. The standard InChI is InChI=1S/C18H13Cl2N3O/c19-13-7-8-15(20)16(10-13)23-18(24)12-6-9-17(21-11-12)22-14-4-2-1-3-5-14/h1-11H,(H,21,22)(H,23,24). The molecule has 2 aromatic carbocycles. The maximum atomic E-state index is 12.3. The Morgan fingerprint density at radius 1 is 0.958 bits per heavy atom. The molecule has 2 N–H and O–H groups in total. The minimum absolute atomic E-state index is 0.307. The summed E-state index contributed by atoms with van der Waals surface area (Å²) in [5.41, 5.74) is 1.80. The maximum Gasteiger partial charge on any atom is 0.257 e. The lowest BCUT2D eigenvalue weighted by Crippen LogP contribution is -2.12. The van der Waals surface area contributed by atoms with Gasteiger partial charge in [-0.15, -0.1) is 0 Å². The second-order valence-electron chi connectivity index (χ2n) is 5.00. The van der Waals surface area contributed by atoms with Crippen molar-refractivity contribution >= 4 is 46.3 Å². The fourth-order valence-corrected chi connectivity index (χ4v) is 2.40. The number of halogens is 2. The fraction of sp³-hybridized carbons (Fsp3) is 0. The van der Waals surface area contributed by atoms with Gasteiger partial charge in [0.05, 0.1) is 16.3 Å². The van der Waals surface area contributed by atoms with Gasteiger partial charge in [0.1, 0.15) is 5.82 Å². The summed E-state index contributed by atoms with van der Waals surface area (Å²) >= 11 is 12.0. The molecule has 1 heterocycles. The van der Waals surface area contributed by atoms with E-state index in [0.29, 0.717) is 27.1 Å². The molecule has 1 amide bonds. The molecule has 0 fully saturated rings. The van der Waals surface area contributed by atoms with E-state index >= 15 is 0 Å². The monoisotopic (exact) mass is 357 g/mol. The maximum absolute atomic E-state index is 12.3. The molecule has 0 spiro atoms. The molecular weight excluding hydrogens is 345 g/mol. The summed E-state index contributed by atoms with van der Waals surface area (Å²) < 4.78 is 0. The molecule has 0 aliphatic carbocycles. The summed E-state index contributed by atoms with van der Waals surface area (Å²) in [6.07, 6.45) is 1.50. The number of anilines is 3. The Balaban J connectivity index is 1.71. The van der Waals surface area contributed by atoms with Crippen LogP contribution in [-0.2, 0) is 0 Å². The SMILES string of the molecule is O=C(Nc1cc(Cl)ccc1Cl)c1ccc(Nc2ccccc2)nc1. The first-order valence-corrected chi connectivity index (χ1v) is 7.92. The third-order valence-electron chi connectivity index (χ3n) is 3.25. The highest BCUT2D eigenvalue weighted by atomic mass is 35.5. The number of para-hydroxylation sites is 1. The molecular formula is C18H13Cl2N3O. The van der Waals surface area contributed by atoms with Crippen molar-refractivity contribution in [3.8, 4) is 0 Å². The van der Waals surface area contributed by atoms with E-state index in [1.807, 2.05) is 30.3 Å². The van der Waals surface area contributed by atoms with Gasteiger partial charge in [0.15, 0.2) is 0 Å². The zero-order chi connectivity index (χ0) is 16.9. The van der Waals surface area contributed by atoms with Crippen LogP contribution in [0.2, 0.25) is 10.0 Å². The molecule has 0 bridgehead atoms. The molecule has 6 heteroatoms. The lowest BCUT2D eigenvalue weighted by molar-refractivity contribution is 0.102. The van der Waals surface area contributed by atoms with E-state index in [1.54, 1.807) is 30.3 Å². The van der Waals surface area contributed by atoms with Crippen molar-refractivity contribution in [1.82, 2.24) is 4.98 Å². The van der Waals surface area contributed by atoms with Gasteiger partial charge in [0, 0.05) is 16.9 Å². The van der Waals surface area contributed by atoms with E-state index in [0.717, 1.165) is 5.69 Å². The van der Waals surface area contributed by atoms with E-state index in [4.69, 9.17) is 23.2 Å². The van der Waals surface area contributed by atoms with Crippen LogP contribution in [0, 0.1) is 0 Å². The Labute approximate surface area is 149 Å². The summed E-state index contributed by atoms with van der Waals surface area (Å²) in [5, 5.41) is 6.79. The van der Waals surface area contributed by atoms with Crippen LogP contribution in [0.4, 0.5) is 17.2 Å². The Kier molecular flexibility index (Phi) is 4.99. The highest BCUT2D eigenvalue weighted by Crippen LogP contribution is 2.26. The zero-order valence-electron chi connectivity index (χ0n) is 12.5. The van der Waals surface area contributed by atoms with Crippen LogP contribution in [0.3, 0.4) is 0 Å². The number of aromatic nitrogens is 1. The van der Waals surface area contributed by atoms with Crippen molar-refractivity contribution in [2.75, 3.05) is 10.6 Å². The van der Waals surface area contributed by atoms with E-state index in [-0.39, 0.29) is 5.91 Å². The highest BCUT2D eigenvalue weighted by molar-refractivity contribution is 6.35. The lowest BCUT2D eigenvalue weighted by atomic mass is 10.2. The molecule has 4 nitrogen and oxygen atoms in total. The minimum atomic E-state index is -0.307. The second kappa shape index (κ2) is 7.34. The Hall–Kier alpha value is -2.56. The number of rotatable bonds is 4. The van der Waals surface area contributed by atoms with Crippen LogP contribution in [0.15, 0.2) is 66.9 Å². The predicted molar refractivity (Wildman–Crippen MR) is 98.4 cm³/mol. The second-order valence-corrected chi connectivity index (χ2v) is 5.85. The number of carbonyl (C=O) groups is 1. The molecule has 1 aromatic heterocycles. The number of nitrogens with zero attached hydrogens (tertiary/aromatic N) is 1. The van der Waals surface area contributed by atoms with E-state index in [1.165, 1.54) is 6.20 Å². The molecule has 3 rings (SSSR count). The predicted octanol–water partition coefficient (Wildman–Crippen LogP) is 5.38. The lowest BCUT2D eigenvalue weighted by Gasteiger charge is -2.09. The third kappa shape index (κ3) is 4.04. The van der Waals surface area contributed by atoms with E-state index < -0.39 is 0 Å². The van der Waals surface area contributed by atoms with Gasteiger partial charge in [0.2, 0.25) is 0 Å². The molecule has 120 valence electrons. The summed E-state index contributed by atoms with van der Waals surface area (Å²) in [4.78, 5) is 16.5. The topological polar surface area (TPSA) is 54.0 Å². The number of amides is 1. The quantitative estimate of drug-likeness (QED) is 0.658.